The molecule has 0 spiro atoms. The molecule has 1 aliphatic heterocycles. The lowest BCUT2D eigenvalue weighted by atomic mass is 9.98. The van der Waals surface area contributed by atoms with E-state index in [2.05, 4.69) is 6.07 Å². The average molecular weight is 272 g/mol. The number of amides is 1. The van der Waals surface area contributed by atoms with E-state index in [-0.39, 0.29) is 11.4 Å². The summed E-state index contributed by atoms with van der Waals surface area (Å²) in [5.74, 6) is 0.201. The maximum absolute atomic E-state index is 12.8. The van der Waals surface area contributed by atoms with E-state index in [0.717, 1.165) is 56.3 Å². The lowest BCUT2D eigenvalue weighted by Gasteiger charge is -2.22. The van der Waals surface area contributed by atoms with Crippen LogP contribution in [0.2, 0.25) is 0 Å². The lowest BCUT2D eigenvalue weighted by molar-refractivity contribution is 0.0760. The Hall–Kier alpha value is -1.35. The molecule has 0 unspecified atom stereocenters. The predicted octanol–water partition coefficient (Wildman–Crippen LogP) is 2.74. The third-order valence-electron chi connectivity index (χ3n) is 4.58. The van der Waals surface area contributed by atoms with E-state index in [1.165, 1.54) is 12.8 Å². The quantitative estimate of drug-likeness (QED) is 0.919. The zero-order valence-electron chi connectivity index (χ0n) is 12.1. The van der Waals surface area contributed by atoms with Crippen LogP contribution >= 0.6 is 0 Å². The van der Waals surface area contributed by atoms with Crippen LogP contribution in [0.15, 0.2) is 24.3 Å². The summed E-state index contributed by atoms with van der Waals surface area (Å²) in [5.41, 5.74) is 8.17. The average Bonchev–Trinajstić information content (AvgIpc) is 3.22. The highest BCUT2D eigenvalue weighted by atomic mass is 16.2. The van der Waals surface area contributed by atoms with Gasteiger partial charge in [-0.15, -0.1) is 0 Å². The predicted molar refractivity (Wildman–Crippen MR) is 80.7 cm³/mol. The number of benzene rings is 1. The van der Waals surface area contributed by atoms with Gasteiger partial charge in [-0.2, -0.15) is 0 Å². The van der Waals surface area contributed by atoms with Crippen LogP contribution in [0.25, 0.3) is 0 Å². The number of nitrogens with two attached hydrogens (primary N) is 1. The first-order valence-electron chi connectivity index (χ1n) is 7.84. The van der Waals surface area contributed by atoms with Crippen LogP contribution in [0.3, 0.4) is 0 Å². The zero-order chi connectivity index (χ0) is 14.0. The molecule has 1 amide bonds. The number of likely N-dealkylation sites (tertiary alicyclic amines) is 1. The third kappa shape index (κ3) is 3.04. The van der Waals surface area contributed by atoms with Gasteiger partial charge < -0.3 is 10.6 Å². The Kier molecular flexibility index (Phi) is 3.79. The van der Waals surface area contributed by atoms with Crippen molar-refractivity contribution in [3.63, 3.8) is 0 Å². The minimum absolute atomic E-state index is 0.0465. The lowest BCUT2D eigenvalue weighted by Crippen LogP contribution is -2.33. The van der Waals surface area contributed by atoms with Crippen LogP contribution in [-0.2, 0) is 6.42 Å². The maximum Gasteiger partial charge on any atom is 0.254 e. The smallest absolute Gasteiger partial charge is 0.254 e. The van der Waals surface area contributed by atoms with E-state index in [1.807, 2.05) is 23.1 Å². The topological polar surface area (TPSA) is 46.3 Å². The Morgan fingerprint density at radius 2 is 1.75 bits per heavy atom. The number of carbonyl (C=O) groups excluding carboxylic acids is 1. The Morgan fingerprint density at radius 3 is 2.40 bits per heavy atom. The molecule has 1 saturated carbocycles. The molecule has 3 heteroatoms. The van der Waals surface area contributed by atoms with Gasteiger partial charge in [0.25, 0.3) is 5.91 Å². The summed E-state index contributed by atoms with van der Waals surface area (Å²) in [6.07, 6.45) is 7.76. The van der Waals surface area contributed by atoms with Gasteiger partial charge in [0, 0.05) is 24.2 Å². The molecule has 1 heterocycles. The normalized spacial score (nSPS) is 21.4. The van der Waals surface area contributed by atoms with Crippen molar-refractivity contribution in [1.29, 1.82) is 0 Å². The highest BCUT2D eigenvalue weighted by molar-refractivity contribution is 5.95. The number of nitrogens with zero attached hydrogens (tertiary/aromatic N) is 1. The number of hydrogen-bond acceptors (Lipinski definition) is 2. The van der Waals surface area contributed by atoms with Crippen LogP contribution in [0.5, 0.6) is 0 Å². The summed E-state index contributed by atoms with van der Waals surface area (Å²) in [6.45, 7) is 1.81. The van der Waals surface area contributed by atoms with Gasteiger partial charge >= 0.3 is 0 Å². The first-order valence-corrected chi connectivity index (χ1v) is 7.84. The zero-order valence-corrected chi connectivity index (χ0v) is 12.1. The highest BCUT2D eigenvalue weighted by Gasteiger charge is 2.39. The van der Waals surface area contributed by atoms with Gasteiger partial charge in [-0.05, 0) is 43.7 Å². The van der Waals surface area contributed by atoms with Crippen molar-refractivity contribution < 1.29 is 4.79 Å². The molecule has 20 heavy (non-hydrogen) atoms. The fraction of sp³-hybridized carbons (Fsp3) is 0.588. The van der Waals surface area contributed by atoms with E-state index in [4.69, 9.17) is 5.73 Å². The minimum atomic E-state index is -0.0465. The van der Waals surface area contributed by atoms with Crippen molar-refractivity contribution in [3.05, 3.63) is 35.4 Å². The summed E-state index contributed by atoms with van der Waals surface area (Å²) in [4.78, 5) is 14.8. The highest BCUT2D eigenvalue weighted by Crippen LogP contribution is 2.36. The third-order valence-corrected chi connectivity index (χ3v) is 4.58. The molecule has 2 fully saturated rings. The summed E-state index contributed by atoms with van der Waals surface area (Å²) < 4.78 is 0. The van der Waals surface area contributed by atoms with Crippen molar-refractivity contribution in [2.24, 2.45) is 5.73 Å². The summed E-state index contributed by atoms with van der Waals surface area (Å²) in [6, 6.07) is 8.01. The van der Waals surface area contributed by atoms with Crippen molar-refractivity contribution in [2.45, 2.75) is 50.5 Å². The molecule has 108 valence electrons. The van der Waals surface area contributed by atoms with Gasteiger partial charge in [-0.25, -0.2) is 0 Å². The molecule has 0 aromatic heterocycles. The molecule has 0 bridgehead atoms. The number of hydrogen-bond donors (Lipinski definition) is 1. The van der Waals surface area contributed by atoms with Gasteiger partial charge in [0.1, 0.15) is 0 Å². The SMILES string of the molecule is NC1(Cc2ccccc2C(=O)N2CCCCCC2)CC1. The molecule has 2 N–H and O–H groups in total. The van der Waals surface area contributed by atoms with E-state index in [9.17, 15) is 4.79 Å². The first-order chi connectivity index (χ1) is 9.68. The Labute approximate surface area is 121 Å². The van der Waals surface area contributed by atoms with Crippen LogP contribution in [-0.4, -0.2) is 29.4 Å². The fourth-order valence-electron chi connectivity index (χ4n) is 3.04. The minimum Gasteiger partial charge on any atom is -0.339 e. The molecule has 0 atom stereocenters. The number of rotatable bonds is 3. The molecule has 1 aromatic rings. The molecule has 1 saturated heterocycles. The Balaban J connectivity index is 1.79. The largest absolute Gasteiger partial charge is 0.339 e. The van der Waals surface area contributed by atoms with E-state index >= 15 is 0 Å². The summed E-state index contributed by atoms with van der Waals surface area (Å²) in [7, 11) is 0. The monoisotopic (exact) mass is 272 g/mol. The Morgan fingerprint density at radius 1 is 1.10 bits per heavy atom. The van der Waals surface area contributed by atoms with Gasteiger partial charge in [0.15, 0.2) is 0 Å². The molecule has 1 aromatic carbocycles. The fourth-order valence-corrected chi connectivity index (χ4v) is 3.04. The van der Waals surface area contributed by atoms with Crippen LogP contribution in [0.1, 0.15) is 54.4 Å². The standard InChI is InChI=1S/C17H24N2O/c18-17(9-10-17)13-14-7-3-4-8-15(14)16(20)19-11-5-1-2-6-12-19/h3-4,7-8H,1-2,5-6,9-13,18H2. The van der Waals surface area contributed by atoms with Crippen molar-refractivity contribution >= 4 is 5.91 Å². The maximum atomic E-state index is 12.8. The van der Waals surface area contributed by atoms with Crippen molar-refractivity contribution in [3.8, 4) is 0 Å². The summed E-state index contributed by atoms with van der Waals surface area (Å²) in [5, 5.41) is 0. The van der Waals surface area contributed by atoms with Crippen LogP contribution in [0.4, 0.5) is 0 Å². The van der Waals surface area contributed by atoms with Crippen LogP contribution < -0.4 is 5.73 Å². The van der Waals surface area contributed by atoms with Gasteiger partial charge in [0.05, 0.1) is 0 Å². The second kappa shape index (κ2) is 5.57. The van der Waals surface area contributed by atoms with Crippen LogP contribution in [0, 0.1) is 0 Å². The second-order valence-corrected chi connectivity index (χ2v) is 6.40. The summed E-state index contributed by atoms with van der Waals surface area (Å²) >= 11 is 0. The van der Waals surface area contributed by atoms with Gasteiger partial charge in [-0.3, -0.25) is 4.79 Å². The molecule has 1 aliphatic carbocycles. The molecule has 2 aliphatic rings. The van der Waals surface area contributed by atoms with E-state index < -0.39 is 0 Å². The van der Waals surface area contributed by atoms with E-state index in [0.29, 0.717) is 0 Å². The van der Waals surface area contributed by atoms with Gasteiger partial charge in [-0.1, -0.05) is 31.0 Å². The number of carbonyl (C=O) groups is 1. The molecule has 3 nitrogen and oxygen atoms in total. The molecular weight excluding hydrogens is 248 g/mol. The first kappa shape index (κ1) is 13.6. The van der Waals surface area contributed by atoms with E-state index in [1.54, 1.807) is 0 Å². The van der Waals surface area contributed by atoms with Gasteiger partial charge in [0.2, 0.25) is 0 Å². The van der Waals surface area contributed by atoms with Crippen molar-refractivity contribution in [2.75, 3.05) is 13.1 Å². The van der Waals surface area contributed by atoms with Crippen molar-refractivity contribution in [1.82, 2.24) is 4.90 Å². The molecule has 0 radical (unpaired) electrons. The second-order valence-electron chi connectivity index (χ2n) is 6.40. The molecular formula is C17H24N2O. The Bertz CT molecular complexity index is 486. The molecule has 3 rings (SSSR count).